The Morgan fingerprint density at radius 2 is 1.80 bits per heavy atom. The molecule has 0 fully saturated rings. The Hall–Kier alpha value is -0.780. The monoisotopic (exact) mass is 320 g/mol. The molecule has 0 spiro atoms. The lowest BCUT2D eigenvalue weighted by molar-refractivity contribution is 0.00539. The van der Waals surface area contributed by atoms with E-state index in [4.69, 9.17) is 20.2 Å². The Labute approximate surface area is 125 Å². The van der Waals surface area contributed by atoms with E-state index >= 15 is 0 Å². The van der Waals surface area contributed by atoms with Gasteiger partial charge in [-0.15, -0.1) is 0 Å². The van der Waals surface area contributed by atoms with Crippen molar-refractivity contribution in [2.75, 3.05) is 13.7 Å². The van der Waals surface area contributed by atoms with E-state index in [0.29, 0.717) is 17.9 Å². The van der Waals surface area contributed by atoms with Crippen LogP contribution in [0.5, 0.6) is 5.75 Å². The number of hydrogen-bond acceptors (Lipinski definition) is 4. The molecule has 1 rings (SSSR count). The van der Waals surface area contributed by atoms with Gasteiger partial charge in [-0.3, -0.25) is 0 Å². The second-order valence-electron chi connectivity index (χ2n) is 5.31. The highest BCUT2D eigenvalue weighted by atomic mass is 35.7. The van der Waals surface area contributed by atoms with Crippen molar-refractivity contribution >= 4 is 19.7 Å². The largest absolute Gasteiger partial charge is 0.493 e. The predicted octanol–water partition coefficient (Wildman–Crippen LogP) is 3.42. The topological polar surface area (TPSA) is 52.6 Å². The highest BCUT2D eigenvalue weighted by Crippen LogP contribution is 2.29. The zero-order valence-electron chi connectivity index (χ0n) is 12.5. The third-order valence-electron chi connectivity index (χ3n) is 3.46. The Morgan fingerprint density at radius 1 is 1.20 bits per heavy atom. The fourth-order valence-electron chi connectivity index (χ4n) is 1.70. The van der Waals surface area contributed by atoms with Crippen LogP contribution in [0.4, 0.5) is 0 Å². The molecule has 0 saturated heterocycles. The molecule has 0 aliphatic heterocycles. The van der Waals surface area contributed by atoms with Crippen LogP contribution in [0.1, 0.15) is 31.4 Å². The van der Waals surface area contributed by atoms with Gasteiger partial charge in [-0.25, -0.2) is 8.42 Å². The van der Waals surface area contributed by atoms with E-state index < -0.39 is 9.05 Å². The molecule has 0 aromatic heterocycles. The first-order chi connectivity index (χ1) is 9.08. The predicted molar refractivity (Wildman–Crippen MR) is 80.2 cm³/mol. The minimum absolute atomic E-state index is 0.126. The molecule has 0 aliphatic rings. The Kier molecular flexibility index (Phi) is 5.46. The van der Waals surface area contributed by atoms with E-state index in [0.717, 1.165) is 12.0 Å². The van der Waals surface area contributed by atoms with Crippen molar-refractivity contribution in [3.8, 4) is 5.75 Å². The summed E-state index contributed by atoms with van der Waals surface area (Å²) in [6.07, 6.45) is 0.734. The fourth-order valence-corrected chi connectivity index (χ4v) is 2.95. The molecular weight excluding hydrogens is 300 g/mol. The fraction of sp³-hybridized carbons (Fsp3) is 0.571. The molecule has 0 unspecified atom stereocenters. The van der Waals surface area contributed by atoms with Crippen molar-refractivity contribution in [2.24, 2.45) is 0 Å². The maximum absolute atomic E-state index is 11.4. The Bertz CT molecular complexity index is 579. The number of rotatable bonds is 6. The van der Waals surface area contributed by atoms with Crippen molar-refractivity contribution in [1.82, 2.24) is 0 Å². The average molecular weight is 321 g/mol. The third-order valence-corrected chi connectivity index (χ3v) is 4.93. The molecule has 0 atom stereocenters. The summed E-state index contributed by atoms with van der Waals surface area (Å²) in [5, 5.41) is 0. The molecule has 0 saturated carbocycles. The summed E-state index contributed by atoms with van der Waals surface area (Å²) in [6, 6.07) is 3.11. The van der Waals surface area contributed by atoms with E-state index in [1.54, 1.807) is 20.1 Å². The Balaban J connectivity index is 2.87. The van der Waals surface area contributed by atoms with Crippen LogP contribution < -0.4 is 4.74 Å². The van der Waals surface area contributed by atoms with Crippen LogP contribution in [0.2, 0.25) is 0 Å². The second-order valence-corrected chi connectivity index (χ2v) is 7.85. The van der Waals surface area contributed by atoms with Crippen molar-refractivity contribution in [3.63, 3.8) is 0 Å². The average Bonchev–Trinajstić information content (AvgIpc) is 2.33. The van der Waals surface area contributed by atoms with Gasteiger partial charge in [0.15, 0.2) is 0 Å². The van der Waals surface area contributed by atoms with Crippen LogP contribution in [-0.2, 0) is 13.8 Å². The maximum Gasteiger partial charge on any atom is 0.261 e. The molecule has 20 heavy (non-hydrogen) atoms. The smallest absolute Gasteiger partial charge is 0.261 e. The van der Waals surface area contributed by atoms with Gasteiger partial charge in [-0.05, 0) is 51.0 Å². The van der Waals surface area contributed by atoms with Crippen LogP contribution in [0.25, 0.3) is 0 Å². The van der Waals surface area contributed by atoms with Crippen LogP contribution in [0.3, 0.4) is 0 Å². The molecule has 0 radical (unpaired) electrons. The van der Waals surface area contributed by atoms with Gasteiger partial charge in [-0.2, -0.15) is 0 Å². The van der Waals surface area contributed by atoms with Crippen LogP contribution >= 0.6 is 10.7 Å². The first-order valence-corrected chi connectivity index (χ1v) is 8.62. The van der Waals surface area contributed by atoms with Crippen molar-refractivity contribution < 1.29 is 17.9 Å². The SMILES string of the molecule is COC(C)(C)CCOc1ccc(S(=O)(=O)Cl)c(C)c1C. The molecule has 0 N–H and O–H groups in total. The van der Waals surface area contributed by atoms with Gasteiger partial charge in [0.25, 0.3) is 9.05 Å². The number of ether oxygens (including phenoxy) is 2. The molecule has 0 heterocycles. The third kappa shape index (κ3) is 4.36. The normalized spacial score (nSPS) is 12.5. The zero-order chi connectivity index (χ0) is 15.6. The molecule has 0 amide bonds. The van der Waals surface area contributed by atoms with Gasteiger partial charge in [0.05, 0.1) is 17.1 Å². The minimum atomic E-state index is -3.72. The second kappa shape index (κ2) is 6.33. The van der Waals surface area contributed by atoms with Gasteiger partial charge in [0.1, 0.15) is 5.75 Å². The van der Waals surface area contributed by atoms with E-state index in [1.165, 1.54) is 6.07 Å². The van der Waals surface area contributed by atoms with E-state index in [2.05, 4.69) is 0 Å². The van der Waals surface area contributed by atoms with Gasteiger partial charge in [0, 0.05) is 24.2 Å². The number of methoxy groups -OCH3 is 1. The van der Waals surface area contributed by atoms with Gasteiger partial charge < -0.3 is 9.47 Å². The molecule has 114 valence electrons. The summed E-state index contributed by atoms with van der Waals surface area (Å²) in [6.45, 7) is 8.00. The first-order valence-electron chi connectivity index (χ1n) is 6.31. The highest BCUT2D eigenvalue weighted by molar-refractivity contribution is 8.13. The quantitative estimate of drug-likeness (QED) is 0.754. The molecule has 1 aromatic carbocycles. The number of benzene rings is 1. The van der Waals surface area contributed by atoms with Crippen LogP contribution in [0.15, 0.2) is 17.0 Å². The van der Waals surface area contributed by atoms with Gasteiger partial charge in [0.2, 0.25) is 0 Å². The Morgan fingerprint density at radius 3 is 2.30 bits per heavy atom. The van der Waals surface area contributed by atoms with Crippen molar-refractivity contribution in [3.05, 3.63) is 23.3 Å². The van der Waals surface area contributed by atoms with Crippen molar-refractivity contribution in [1.29, 1.82) is 0 Å². The van der Waals surface area contributed by atoms with Gasteiger partial charge >= 0.3 is 0 Å². The summed E-state index contributed by atoms with van der Waals surface area (Å²) >= 11 is 0. The molecule has 6 heteroatoms. The maximum atomic E-state index is 11.4. The number of hydrogen-bond donors (Lipinski definition) is 0. The first kappa shape index (κ1) is 17.3. The van der Waals surface area contributed by atoms with Crippen LogP contribution in [-0.4, -0.2) is 27.7 Å². The minimum Gasteiger partial charge on any atom is -0.493 e. The van der Waals surface area contributed by atoms with E-state index in [-0.39, 0.29) is 10.5 Å². The summed E-state index contributed by atoms with van der Waals surface area (Å²) in [4.78, 5) is 0.126. The summed E-state index contributed by atoms with van der Waals surface area (Å²) in [7, 11) is 3.32. The highest BCUT2D eigenvalue weighted by Gasteiger charge is 2.19. The summed E-state index contributed by atoms with van der Waals surface area (Å²) in [5.41, 5.74) is 1.15. The van der Waals surface area contributed by atoms with Crippen molar-refractivity contribution in [2.45, 2.75) is 44.6 Å². The van der Waals surface area contributed by atoms with E-state index in [1.807, 2.05) is 20.8 Å². The molecule has 0 bridgehead atoms. The zero-order valence-corrected chi connectivity index (χ0v) is 14.1. The van der Waals surface area contributed by atoms with Crippen LogP contribution in [0, 0.1) is 13.8 Å². The van der Waals surface area contributed by atoms with E-state index in [9.17, 15) is 8.42 Å². The molecular formula is C14H21ClO4S. The summed E-state index contributed by atoms with van der Waals surface area (Å²) < 4.78 is 33.8. The standard InChI is InChI=1S/C14H21ClO4S/c1-10-11(2)13(20(15,16)17)7-6-12(10)19-9-8-14(3,4)18-5/h6-7H,8-9H2,1-5H3. The lowest BCUT2D eigenvalue weighted by atomic mass is 10.1. The summed E-state index contributed by atoms with van der Waals surface area (Å²) in [5.74, 6) is 0.665. The molecule has 1 aromatic rings. The lowest BCUT2D eigenvalue weighted by Gasteiger charge is -2.23. The lowest BCUT2D eigenvalue weighted by Crippen LogP contribution is -2.25. The molecule has 4 nitrogen and oxygen atoms in total. The van der Waals surface area contributed by atoms with Gasteiger partial charge in [-0.1, -0.05) is 0 Å². The number of halogens is 1. The molecule has 0 aliphatic carbocycles.